The van der Waals surface area contributed by atoms with Crippen molar-refractivity contribution in [2.24, 2.45) is 0 Å². The minimum Gasteiger partial charge on any atom is -0.507 e. The maximum Gasteiger partial charge on any atom is 0.123 e. The molecular weight excluding hydrogens is 474 g/mol. The summed E-state index contributed by atoms with van der Waals surface area (Å²) in [5.41, 5.74) is 6.25. The summed E-state index contributed by atoms with van der Waals surface area (Å²) in [7, 11) is 0. The number of rotatable bonds is 4. The number of aromatic hydroxyl groups is 1. The van der Waals surface area contributed by atoms with Gasteiger partial charge in [-0.25, -0.2) is 4.98 Å². The highest BCUT2D eigenvalue weighted by atomic mass is 32.1. The van der Waals surface area contributed by atoms with Crippen molar-refractivity contribution < 1.29 is 5.11 Å². The van der Waals surface area contributed by atoms with Crippen molar-refractivity contribution in [2.45, 2.75) is 77.7 Å². The van der Waals surface area contributed by atoms with E-state index in [0.717, 1.165) is 60.4 Å². The van der Waals surface area contributed by atoms with Crippen LogP contribution in [0.1, 0.15) is 82.0 Å². The summed E-state index contributed by atoms with van der Waals surface area (Å²) >= 11 is 1.79. The molecule has 3 heterocycles. The summed E-state index contributed by atoms with van der Waals surface area (Å²) in [6, 6.07) is 14.9. The second-order valence-electron chi connectivity index (χ2n) is 12.5. The Morgan fingerprint density at radius 2 is 1.59 bits per heavy atom. The number of likely N-dealkylation sites (tertiary alicyclic amines) is 1. The van der Waals surface area contributed by atoms with Crippen LogP contribution in [-0.2, 0) is 17.4 Å². The Labute approximate surface area is 225 Å². The zero-order valence-electron chi connectivity index (χ0n) is 23.0. The van der Waals surface area contributed by atoms with Gasteiger partial charge in [0, 0.05) is 46.1 Å². The summed E-state index contributed by atoms with van der Waals surface area (Å²) in [5.74, 6) is 0.930. The number of hydrogen-bond acceptors (Lipinski definition) is 5. The molecule has 1 saturated heterocycles. The summed E-state index contributed by atoms with van der Waals surface area (Å²) < 4.78 is 0. The van der Waals surface area contributed by atoms with E-state index >= 15 is 0 Å². The van der Waals surface area contributed by atoms with E-state index < -0.39 is 0 Å². The first kappa shape index (κ1) is 25.9. The van der Waals surface area contributed by atoms with Gasteiger partial charge in [-0.15, -0.1) is 11.3 Å². The number of fused-ring (bicyclic) bond motifs is 1. The molecule has 5 heteroatoms. The SMILES string of the molecule is CC(C)(C)c1cc(-c2csc(C3CCN(Cc4ccnc5ccccc45)CC3)n2)cc(C(C)(C)C)c1O. The number of thiazole rings is 1. The van der Waals surface area contributed by atoms with Gasteiger partial charge < -0.3 is 5.11 Å². The van der Waals surface area contributed by atoms with Crippen LogP contribution in [0.4, 0.5) is 0 Å². The van der Waals surface area contributed by atoms with Crippen LogP contribution >= 0.6 is 11.3 Å². The number of hydrogen-bond donors (Lipinski definition) is 1. The zero-order chi connectivity index (χ0) is 26.4. The molecule has 5 rings (SSSR count). The Morgan fingerprint density at radius 3 is 2.24 bits per heavy atom. The second kappa shape index (κ2) is 9.85. The molecule has 4 nitrogen and oxygen atoms in total. The molecule has 1 N–H and O–H groups in total. The lowest BCUT2D eigenvalue weighted by molar-refractivity contribution is 0.205. The molecule has 0 unspecified atom stereocenters. The quantitative estimate of drug-likeness (QED) is 0.300. The van der Waals surface area contributed by atoms with Gasteiger partial charge in [-0.2, -0.15) is 0 Å². The van der Waals surface area contributed by atoms with E-state index in [1.165, 1.54) is 16.0 Å². The van der Waals surface area contributed by atoms with Gasteiger partial charge in [0.25, 0.3) is 0 Å². The first-order valence-electron chi connectivity index (χ1n) is 13.4. The lowest BCUT2D eigenvalue weighted by Crippen LogP contribution is -2.32. The number of para-hydroxylation sites is 1. The van der Waals surface area contributed by atoms with E-state index in [2.05, 4.69) is 99.3 Å². The summed E-state index contributed by atoms with van der Waals surface area (Å²) in [5, 5.41) is 15.8. The second-order valence-corrected chi connectivity index (χ2v) is 13.4. The van der Waals surface area contributed by atoms with Gasteiger partial charge in [-0.05, 0) is 66.6 Å². The van der Waals surface area contributed by atoms with Crippen molar-refractivity contribution in [1.29, 1.82) is 0 Å². The van der Waals surface area contributed by atoms with Gasteiger partial charge in [-0.1, -0.05) is 59.7 Å². The highest BCUT2D eigenvalue weighted by Gasteiger charge is 2.28. The Morgan fingerprint density at radius 1 is 0.946 bits per heavy atom. The maximum atomic E-state index is 11.1. The van der Waals surface area contributed by atoms with Gasteiger partial charge in [-0.3, -0.25) is 9.88 Å². The normalized spacial score (nSPS) is 15.9. The van der Waals surface area contributed by atoms with Crippen LogP contribution in [0.5, 0.6) is 5.75 Å². The molecule has 0 atom stereocenters. The molecule has 1 aliphatic heterocycles. The first-order valence-corrected chi connectivity index (χ1v) is 14.3. The lowest BCUT2D eigenvalue weighted by Gasteiger charge is -2.31. The third-order valence-electron chi connectivity index (χ3n) is 7.61. The fourth-order valence-electron chi connectivity index (χ4n) is 5.41. The van der Waals surface area contributed by atoms with Crippen molar-refractivity contribution in [3.63, 3.8) is 0 Å². The van der Waals surface area contributed by atoms with Gasteiger partial charge >= 0.3 is 0 Å². The predicted octanol–water partition coefficient (Wildman–Crippen LogP) is 8.04. The molecule has 4 aromatic rings. The Kier molecular flexibility index (Phi) is 6.88. The van der Waals surface area contributed by atoms with Crippen LogP contribution in [0.3, 0.4) is 0 Å². The Balaban J connectivity index is 1.32. The smallest absolute Gasteiger partial charge is 0.123 e. The molecule has 2 aromatic heterocycles. The van der Waals surface area contributed by atoms with Crippen LogP contribution < -0.4 is 0 Å². The maximum absolute atomic E-state index is 11.1. The van der Waals surface area contributed by atoms with Crippen LogP contribution in [0.25, 0.3) is 22.2 Å². The third kappa shape index (κ3) is 5.44. The number of pyridine rings is 1. The minimum absolute atomic E-state index is 0.147. The van der Waals surface area contributed by atoms with Crippen molar-refractivity contribution in [2.75, 3.05) is 13.1 Å². The van der Waals surface area contributed by atoms with Crippen LogP contribution in [-0.4, -0.2) is 33.1 Å². The Hall–Kier alpha value is -2.76. The summed E-state index contributed by atoms with van der Waals surface area (Å²) in [4.78, 5) is 12.2. The molecule has 0 bridgehead atoms. The molecule has 0 aliphatic carbocycles. The van der Waals surface area contributed by atoms with Gasteiger partial charge in [0.2, 0.25) is 0 Å². The lowest BCUT2D eigenvalue weighted by atomic mass is 9.78. The highest BCUT2D eigenvalue weighted by Crippen LogP contribution is 2.42. The molecule has 1 fully saturated rings. The number of benzene rings is 2. The largest absolute Gasteiger partial charge is 0.507 e. The van der Waals surface area contributed by atoms with Gasteiger partial charge in [0.05, 0.1) is 16.2 Å². The first-order chi connectivity index (χ1) is 17.5. The molecule has 0 spiro atoms. The summed E-state index contributed by atoms with van der Waals surface area (Å²) in [6.07, 6.45) is 4.19. The van der Waals surface area contributed by atoms with E-state index in [1.54, 1.807) is 11.3 Å². The molecule has 0 saturated carbocycles. The Bertz CT molecular complexity index is 1360. The topological polar surface area (TPSA) is 49.2 Å². The molecule has 1 aliphatic rings. The fourth-order valence-corrected chi connectivity index (χ4v) is 6.41. The molecule has 2 aromatic carbocycles. The highest BCUT2D eigenvalue weighted by molar-refractivity contribution is 7.10. The fraction of sp³-hybridized carbons (Fsp3) is 0.438. The standard InChI is InChI=1S/C32H39N3OS/c1-31(2,3)25-17-23(18-26(29(25)36)32(4,5)6)28-20-37-30(34-28)21-12-15-35(16-13-21)19-22-11-14-33-27-10-8-7-9-24(22)27/h7-11,14,17-18,20-21,36H,12-13,15-16,19H2,1-6H3. The number of nitrogens with zero attached hydrogens (tertiary/aromatic N) is 3. The third-order valence-corrected chi connectivity index (χ3v) is 8.62. The van der Waals surface area contributed by atoms with Crippen molar-refractivity contribution >= 4 is 22.2 Å². The van der Waals surface area contributed by atoms with Gasteiger partial charge in [0.1, 0.15) is 5.75 Å². The molecular formula is C32H39N3OS. The van der Waals surface area contributed by atoms with E-state index in [0.29, 0.717) is 11.7 Å². The van der Waals surface area contributed by atoms with Gasteiger partial charge in [0.15, 0.2) is 0 Å². The summed E-state index contributed by atoms with van der Waals surface area (Å²) in [6.45, 7) is 16.1. The number of phenols is 1. The molecule has 0 radical (unpaired) electrons. The minimum atomic E-state index is -0.147. The van der Waals surface area contributed by atoms with E-state index in [4.69, 9.17) is 4.98 Å². The van der Waals surface area contributed by atoms with E-state index in [9.17, 15) is 5.11 Å². The van der Waals surface area contributed by atoms with E-state index in [1.807, 2.05) is 6.20 Å². The van der Waals surface area contributed by atoms with Crippen LogP contribution in [0, 0.1) is 0 Å². The molecule has 194 valence electrons. The monoisotopic (exact) mass is 513 g/mol. The van der Waals surface area contributed by atoms with Crippen molar-refractivity contribution in [3.8, 4) is 17.0 Å². The van der Waals surface area contributed by atoms with Crippen molar-refractivity contribution in [3.05, 3.63) is 75.7 Å². The number of piperidine rings is 1. The van der Waals surface area contributed by atoms with E-state index in [-0.39, 0.29) is 10.8 Å². The van der Waals surface area contributed by atoms with Crippen molar-refractivity contribution in [1.82, 2.24) is 14.9 Å². The van der Waals surface area contributed by atoms with Crippen LogP contribution in [0.15, 0.2) is 54.0 Å². The number of aromatic nitrogens is 2. The average Bonchev–Trinajstić information content (AvgIpc) is 3.34. The van der Waals surface area contributed by atoms with Crippen LogP contribution in [0.2, 0.25) is 0 Å². The average molecular weight is 514 g/mol. The molecule has 37 heavy (non-hydrogen) atoms. The zero-order valence-corrected chi connectivity index (χ0v) is 23.8. The predicted molar refractivity (Wildman–Crippen MR) is 156 cm³/mol. The molecule has 0 amide bonds. The number of phenolic OH excluding ortho intramolecular Hbond substituents is 1.